The molecule has 6 heteroatoms. The van der Waals surface area contributed by atoms with Crippen LogP contribution in [0.25, 0.3) is 0 Å². The van der Waals surface area contributed by atoms with Crippen LogP contribution in [0.5, 0.6) is 0 Å². The van der Waals surface area contributed by atoms with Gasteiger partial charge in [0.2, 0.25) is 0 Å². The number of nitrogens with zero attached hydrogens (tertiary/aromatic N) is 1. The third-order valence-corrected chi connectivity index (χ3v) is 3.62. The molecule has 0 aromatic heterocycles. The number of para-hydroxylation sites is 1. The summed E-state index contributed by atoms with van der Waals surface area (Å²) in [4.78, 5) is 22.4. The van der Waals surface area contributed by atoms with Crippen molar-refractivity contribution in [2.24, 2.45) is 0 Å². The number of amides is 1. The number of nitro benzene ring substituents is 1. The first-order chi connectivity index (χ1) is 10.1. The number of nitro groups is 1. The number of alkyl halides is 1. The highest BCUT2D eigenvalue weighted by Gasteiger charge is 2.18. The van der Waals surface area contributed by atoms with Crippen LogP contribution in [0.15, 0.2) is 48.5 Å². The molecule has 0 fully saturated rings. The van der Waals surface area contributed by atoms with E-state index < -0.39 is 10.8 Å². The third-order valence-electron chi connectivity index (χ3n) is 2.98. The van der Waals surface area contributed by atoms with Crippen LogP contribution in [-0.2, 0) is 11.9 Å². The Bertz CT molecular complexity index is 656. The van der Waals surface area contributed by atoms with E-state index in [0.717, 1.165) is 16.5 Å². The Labute approximate surface area is 130 Å². The molecular weight excluding hydrogens is 336 g/mol. The van der Waals surface area contributed by atoms with Crippen LogP contribution in [-0.4, -0.2) is 10.8 Å². The summed E-state index contributed by atoms with van der Waals surface area (Å²) < 4.78 is 0. The fraction of sp³-hybridized carbons (Fsp3) is 0.133. The van der Waals surface area contributed by atoms with Crippen molar-refractivity contribution in [2.45, 2.75) is 11.9 Å². The van der Waals surface area contributed by atoms with E-state index in [9.17, 15) is 14.9 Å². The molecule has 1 N–H and O–H groups in total. The minimum absolute atomic E-state index is 0.0691. The molecule has 5 nitrogen and oxygen atoms in total. The first-order valence-corrected chi connectivity index (χ1v) is 7.39. The minimum Gasteiger partial charge on any atom is -0.348 e. The second-order valence-electron chi connectivity index (χ2n) is 4.41. The molecule has 0 unspecified atom stereocenters. The second-order valence-corrected chi connectivity index (χ2v) is 4.97. The lowest BCUT2D eigenvalue weighted by Gasteiger charge is -2.06. The number of carbonyl (C=O) groups excluding carboxylic acids is 1. The van der Waals surface area contributed by atoms with Gasteiger partial charge in [-0.3, -0.25) is 14.9 Å². The van der Waals surface area contributed by atoms with Crippen LogP contribution in [0, 0.1) is 10.1 Å². The predicted molar refractivity (Wildman–Crippen MR) is 83.3 cm³/mol. The zero-order valence-corrected chi connectivity index (χ0v) is 12.7. The largest absolute Gasteiger partial charge is 0.348 e. The molecule has 108 valence electrons. The molecule has 0 spiro atoms. The van der Waals surface area contributed by atoms with Gasteiger partial charge in [-0.25, -0.2) is 0 Å². The Morgan fingerprint density at radius 1 is 1.10 bits per heavy atom. The van der Waals surface area contributed by atoms with Gasteiger partial charge in [0.05, 0.1) is 4.92 Å². The van der Waals surface area contributed by atoms with Crippen molar-refractivity contribution in [3.8, 4) is 0 Å². The molecule has 0 atom stereocenters. The highest BCUT2D eigenvalue weighted by molar-refractivity contribution is 9.08. The maximum atomic E-state index is 12.0. The summed E-state index contributed by atoms with van der Waals surface area (Å²) in [6, 6.07) is 13.6. The van der Waals surface area contributed by atoms with Crippen LogP contribution in [0.2, 0.25) is 0 Å². The lowest BCUT2D eigenvalue weighted by molar-refractivity contribution is -0.385. The van der Waals surface area contributed by atoms with Crippen molar-refractivity contribution in [3.63, 3.8) is 0 Å². The van der Waals surface area contributed by atoms with Gasteiger partial charge in [-0.1, -0.05) is 52.3 Å². The zero-order chi connectivity index (χ0) is 15.2. The Balaban J connectivity index is 2.06. The highest BCUT2D eigenvalue weighted by Crippen LogP contribution is 2.17. The number of hydrogen-bond acceptors (Lipinski definition) is 3. The van der Waals surface area contributed by atoms with Gasteiger partial charge in [0.1, 0.15) is 5.56 Å². The smallest absolute Gasteiger partial charge is 0.282 e. The minimum atomic E-state index is -0.556. The van der Waals surface area contributed by atoms with E-state index in [1.165, 1.54) is 18.2 Å². The molecule has 21 heavy (non-hydrogen) atoms. The topological polar surface area (TPSA) is 72.2 Å². The van der Waals surface area contributed by atoms with Crippen molar-refractivity contribution in [1.29, 1.82) is 0 Å². The summed E-state index contributed by atoms with van der Waals surface area (Å²) in [5.41, 5.74) is 1.96. The molecule has 1 amide bonds. The fourth-order valence-corrected chi connectivity index (χ4v) is 2.22. The molecule has 0 radical (unpaired) electrons. The van der Waals surface area contributed by atoms with Gasteiger partial charge in [0.25, 0.3) is 11.6 Å². The number of nitrogens with one attached hydrogen (secondary N) is 1. The summed E-state index contributed by atoms with van der Waals surface area (Å²) in [5.74, 6) is -0.452. The molecule has 0 saturated heterocycles. The fourth-order valence-electron chi connectivity index (χ4n) is 1.85. The average Bonchev–Trinajstić information content (AvgIpc) is 2.53. The van der Waals surface area contributed by atoms with E-state index >= 15 is 0 Å². The van der Waals surface area contributed by atoms with E-state index in [0.29, 0.717) is 6.54 Å². The van der Waals surface area contributed by atoms with E-state index in [4.69, 9.17) is 0 Å². The quantitative estimate of drug-likeness (QED) is 0.511. The van der Waals surface area contributed by atoms with Crippen LogP contribution < -0.4 is 5.32 Å². The SMILES string of the molecule is O=C(NCc1ccc(CBr)cc1)c1ccccc1[N+](=O)[O-]. The lowest BCUT2D eigenvalue weighted by Crippen LogP contribution is -2.23. The summed E-state index contributed by atoms with van der Waals surface area (Å²) in [7, 11) is 0. The maximum absolute atomic E-state index is 12.0. The van der Waals surface area contributed by atoms with Crippen LogP contribution >= 0.6 is 15.9 Å². The summed E-state index contributed by atoms with van der Waals surface area (Å²) in [6.07, 6.45) is 0. The molecule has 0 aliphatic rings. The number of halogens is 1. The normalized spacial score (nSPS) is 10.1. The molecule has 0 heterocycles. The molecule has 0 aliphatic heterocycles. The Morgan fingerprint density at radius 3 is 2.33 bits per heavy atom. The van der Waals surface area contributed by atoms with E-state index in [1.807, 2.05) is 24.3 Å². The molecule has 0 aliphatic carbocycles. The number of carbonyl (C=O) groups is 1. The van der Waals surface area contributed by atoms with Gasteiger partial charge in [-0.05, 0) is 17.2 Å². The maximum Gasteiger partial charge on any atom is 0.282 e. The molecule has 2 rings (SSSR count). The number of hydrogen-bond donors (Lipinski definition) is 1. The Morgan fingerprint density at radius 2 is 1.71 bits per heavy atom. The molecule has 2 aromatic rings. The Kier molecular flexibility index (Phi) is 5.05. The first kappa shape index (κ1) is 15.2. The van der Waals surface area contributed by atoms with E-state index in [-0.39, 0.29) is 11.3 Å². The number of rotatable bonds is 5. The van der Waals surface area contributed by atoms with Crippen LogP contribution in [0.1, 0.15) is 21.5 Å². The van der Waals surface area contributed by atoms with Gasteiger partial charge in [-0.15, -0.1) is 0 Å². The molecule has 2 aromatic carbocycles. The lowest BCUT2D eigenvalue weighted by atomic mass is 10.1. The predicted octanol–water partition coefficient (Wildman–Crippen LogP) is 3.42. The first-order valence-electron chi connectivity index (χ1n) is 6.27. The van der Waals surface area contributed by atoms with Gasteiger partial charge >= 0.3 is 0 Å². The van der Waals surface area contributed by atoms with Crippen LogP contribution in [0.3, 0.4) is 0 Å². The standard InChI is InChI=1S/C15H13BrN2O3/c16-9-11-5-7-12(8-6-11)10-17-15(19)13-3-1-2-4-14(13)18(20)21/h1-8H,9-10H2,(H,17,19). The van der Waals surface area contributed by atoms with Crippen molar-refractivity contribution in [3.05, 3.63) is 75.3 Å². The van der Waals surface area contributed by atoms with Crippen molar-refractivity contribution in [1.82, 2.24) is 5.32 Å². The Hall–Kier alpha value is -2.21. The summed E-state index contributed by atoms with van der Waals surface area (Å²) >= 11 is 3.36. The van der Waals surface area contributed by atoms with Crippen molar-refractivity contribution >= 4 is 27.5 Å². The average molecular weight is 349 g/mol. The zero-order valence-electron chi connectivity index (χ0n) is 11.1. The second kappa shape index (κ2) is 6.99. The van der Waals surface area contributed by atoms with E-state index in [2.05, 4.69) is 21.2 Å². The molecular formula is C15H13BrN2O3. The number of benzene rings is 2. The summed E-state index contributed by atoms with van der Waals surface area (Å²) in [5, 5.41) is 14.4. The van der Waals surface area contributed by atoms with E-state index in [1.54, 1.807) is 6.07 Å². The van der Waals surface area contributed by atoms with Gasteiger partial charge in [0, 0.05) is 17.9 Å². The monoisotopic (exact) mass is 348 g/mol. The van der Waals surface area contributed by atoms with Crippen LogP contribution in [0.4, 0.5) is 5.69 Å². The summed E-state index contributed by atoms with van der Waals surface area (Å²) in [6.45, 7) is 0.327. The highest BCUT2D eigenvalue weighted by atomic mass is 79.9. The van der Waals surface area contributed by atoms with Gasteiger partial charge < -0.3 is 5.32 Å². The van der Waals surface area contributed by atoms with Gasteiger partial charge in [-0.2, -0.15) is 0 Å². The van der Waals surface area contributed by atoms with Crippen molar-refractivity contribution < 1.29 is 9.72 Å². The third kappa shape index (κ3) is 3.88. The van der Waals surface area contributed by atoms with Gasteiger partial charge in [0.15, 0.2) is 0 Å². The molecule has 0 saturated carbocycles. The van der Waals surface area contributed by atoms with Crippen molar-refractivity contribution in [2.75, 3.05) is 0 Å². The molecule has 0 bridgehead atoms.